The predicted octanol–water partition coefficient (Wildman–Crippen LogP) is 5.86. The largest absolute Gasteiger partial charge is 0.489 e. The van der Waals surface area contributed by atoms with E-state index in [1.807, 2.05) is 37.3 Å². The summed E-state index contributed by atoms with van der Waals surface area (Å²) in [5, 5.41) is 7.79. The molecule has 0 aliphatic carbocycles. The molecule has 4 aromatic rings. The minimum Gasteiger partial charge on any atom is -0.489 e. The van der Waals surface area contributed by atoms with Crippen molar-refractivity contribution >= 4 is 23.3 Å². The fourth-order valence-corrected chi connectivity index (χ4v) is 3.49. The molecule has 0 fully saturated rings. The summed E-state index contributed by atoms with van der Waals surface area (Å²) in [5.74, 6) is 0.599. The van der Waals surface area contributed by atoms with Crippen LogP contribution >= 0.6 is 11.6 Å². The maximum absolute atomic E-state index is 13.4. The first kappa shape index (κ1) is 21.6. The third-order valence-electron chi connectivity index (χ3n) is 4.84. The molecule has 0 spiro atoms. The summed E-state index contributed by atoms with van der Waals surface area (Å²) in [6.45, 7) is 2.66. The number of nitrogens with one attached hydrogen (secondary N) is 1. The molecule has 3 aromatic carbocycles. The Morgan fingerprint density at radius 2 is 1.88 bits per heavy atom. The van der Waals surface area contributed by atoms with E-state index in [1.54, 1.807) is 41.2 Å². The van der Waals surface area contributed by atoms with Gasteiger partial charge in [0.1, 0.15) is 18.2 Å². The Morgan fingerprint density at radius 1 is 1.06 bits per heavy atom. The second-order valence-corrected chi connectivity index (χ2v) is 7.82. The van der Waals surface area contributed by atoms with Crippen LogP contribution in [0.2, 0.25) is 5.02 Å². The van der Waals surface area contributed by atoms with E-state index in [4.69, 9.17) is 16.3 Å². The Morgan fingerprint density at radius 3 is 2.69 bits per heavy atom. The molecule has 32 heavy (non-hydrogen) atoms. The molecule has 7 heteroatoms. The minimum absolute atomic E-state index is 0.273. The molecule has 0 bridgehead atoms. The summed E-state index contributed by atoms with van der Waals surface area (Å²) in [6.07, 6.45) is 1.74. The zero-order chi connectivity index (χ0) is 22.5. The number of benzene rings is 3. The van der Waals surface area contributed by atoms with Gasteiger partial charge in [-0.2, -0.15) is 5.10 Å². The molecule has 0 atom stereocenters. The van der Waals surface area contributed by atoms with Gasteiger partial charge in [-0.15, -0.1) is 0 Å². The molecule has 1 heterocycles. The first-order chi connectivity index (χ1) is 15.5. The van der Waals surface area contributed by atoms with Gasteiger partial charge in [-0.25, -0.2) is 4.39 Å². The number of aromatic nitrogens is 2. The molecular weight excluding hydrogens is 429 g/mol. The van der Waals surface area contributed by atoms with E-state index in [0.717, 1.165) is 22.4 Å². The van der Waals surface area contributed by atoms with Gasteiger partial charge in [0.2, 0.25) is 0 Å². The van der Waals surface area contributed by atoms with Crippen molar-refractivity contribution in [2.45, 2.75) is 20.1 Å². The van der Waals surface area contributed by atoms with Gasteiger partial charge in [-0.05, 0) is 66.1 Å². The second-order valence-electron chi connectivity index (χ2n) is 7.38. The molecular formula is C25H21ClFN3O2. The normalized spacial score (nSPS) is 10.7. The van der Waals surface area contributed by atoms with E-state index < -0.39 is 0 Å². The Labute approximate surface area is 190 Å². The molecule has 162 valence electrons. The first-order valence-electron chi connectivity index (χ1n) is 10.0. The molecule has 0 saturated carbocycles. The lowest BCUT2D eigenvalue weighted by atomic mass is 10.1. The predicted molar refractivity (Wildman–Crippen MR) is 123 cm³/mol. The number of rotatable bonds is 7. The van der Waals surface area contributed by atoms with Gasteiger partial charge >= 0.3 is 0 Å². The topological polar surface area (TPSA) is 56.1 Å². The molecule has 0 unspecified atom stereocenters. The molecule has 4 rings (SSSR count). The zero-order valence-electron chi connectivity index (χ0n) is 17.4. The second kappa shape index (κ2) is 9.66. The van der Waals surface area contributed by atoms with E-state index in [0.29, 0.717) is 29.6 Å². The van der Waals surface area contributed by atoms with Crippen molar-refractivity contribution in [1.82, 2.24) is 9.78 Å². The number of anilines is 1. The van der Waals surface area contributed by atoms with Crippen LogP contribution in [0.3, 0.4) is 0 Å². The zero-order valence-corrected chi connectivity index (χ0v) is 18.1. The number of ether oxygens (including phenoxy) is 1. The standard InChI is InChI=1S/C25H21ClFN3O2/c1-17-12-21(26)8-9-23(17)32-16-19-5-2-6-20(13-19)25(31)28-24-10-11-30(29-24)15-18-4-3-7-22(27)14-18/h2-14H,15-16H2,1H3,(H,28,29,31). The maximum atomic E-state index is 13.4. The van der Waals surface area contributed by atoms with Crippen molar-refractivity contribution in [1.29, 1.82) is 0 Å². The number of nitrogens with zero attached hydrogens (tertiary/aromatic N) is 2. The molecule has 5 nitrogen and oxygen atoms in total. The van der Waals surface area contributed by atoms with Crippen molar-refractivity contribution in [3.8, 4) is 5.75 Å². The third-order valence-corrected chi connectivity index (χ3v) is 5.07. The van der Waals surface area contributed by atoms with Gasteiger partial charge < -0.3 is 10.1 Å². The number of aryl methyl sites for hydroxylation is 1. The fraction of sp³-hybridized carbons (Fsp3) is 0.120. The molecule has 0 aliphatic heterocycles. The highest BCUT2D eigenvalue weighted by molar-refractivity contribution is 6.30. The molecule has 1 N–H and O–H groups in total. The van der Waals surface area contributed by atoms with Gasteiger partial charge in [-0.3, -0.25) is 9.48 Å². The van der Waals surface area contributed by atoms with Crippen molar-refractivity contribution < 1.29 is 13.9 Å². The lowest BCUT2D eigenvalue weighted by Gasteiger charge is -2.10. The molecule has 0 saturated heterocycles. The highest BCUT2D eigenvalue weighted by Crippen LogP contribution is 2.23. The summed E-state index contributed by atoms with van der Waals surface area (Å²) in [7, 11) is 0. The van der Waals surface area contributed by atoms with Crippen molar-refractivity contribution in [3.63, 3.8) is 0 Å². The Balaban J connectivity index is 1.38. The van der Waals surface area contributed by atoms with Crippen LogP contribution in [0.5, 0.6) is 5.75 Å². The minimum atomic E-state index is -0.293. The highest BCUT2D eigenvalue weighted by atomic mass is 35.5. The van der Waals surface area contributed by atoms with E-state index in [2.05, 4.69) is 10.4 Å². The summed E-state index contributed by atoms with van der Waals surface area (Å²) in [4.78, 5) is 12.7. The summed E-state index contributed by atoms with van der Waals surface area (Å²) < 4.78 is 20.9. The van der Waals surface area contributed by atoms with Gasteiger partial charge in [0.25, 0.3) is 5.91 Å². The lowest BCUT2D eigenvalue weighted by Crippen LogP contribution is -2.13. The van der Waals surface area contributed by atoms with Crippen molar-refractivity contribution in [2.75, 3.05) is 5.32 Å². The van der Waals surface area contributed by atoms with E-state index >= 15 is 0 Å². The maximum Gasteiger partial charge on any atom is 0.256 e. The van der Waals surface area contributed by atoms with Crippen molar-refractivity contribution in [2.24, 2.45) is 0 Å². The van der Waals surface area contributed by atoms with Crippen molar-refractivity contribution in [3.05, 3.63) is 112 Å². The Kier molecular flexibility index (Phi) is 6.52. The van der Waals surface area contributed by atoms with Gasteiger partial charge in [0, 0.05) is 22.8 Å². The van der Waals surface area contributed by atoms with Crippen LogP contribution in [0.1, 0.15) is 27.0 Å². The average molecular weight is 450 g/mol. The monoisotopic (exact) mass is 449 g/mol. The molecule has 1 amide bonds. The lowest BCUT2D eigenvalue weighted by molar-refractivity contribution is 0.102. The number of halogens is 2. The summed E-state index contributed by atoms with van der Waals surface area (Å²) in [6, 6.07) is 20.7. The number of hydrogen-bond acceptors (Lipinski definition) is 3. The van der Waals surface area contributed by atoms with Crippen LogP contribution in [0.15, 0.2) is 79.0 Å². The quantitative estimate of drug-likeness (QED) is 0.384. The smallest absolute Gasteiger partial charge is 0.256 e. The fourth-order valence-electron chi connectivity index (χ4n) is 3.27. The van der Waals surface area contributed by atoms with E-state index in [-0.39, 0.29) is 11.7 Å². The van der Waals surface area contributed by atoms with E-state index in [1.165, 1.54) is 12.1 Å². The van der Waals surface area contributed by atoms with Crippen LogP contribution in [0.4, 0.5) is 10.2 Å². The van der Waals surface area contributed by atoms with E-state index in [9.17, 15) is 9.18 Å². The average Bonchev–Trinajstić information content (AvgIpc) is 3.20. The summed E-state index contributed by atoms with van der Waals surface area (Å²) >= 11 is 5.98. The van der Waals surface area contributed by atoms with Crippen LogP contribution in [-0.4, -0.2) is 15.7 Å². The van der Waals surface area contributed by atoms with Crippen LogP contribution < -0.4 is 10.1 Å². The van der Waals surface area contributed by atoms with Crippen LogP contribution in [-0.2, 0) is 13.2 Å². The number of carbonyl (C=O) groups is 1. The number of amides is 1. The van der Waals surface area contributed by atoms with Gasteiger partial charge in [-0.1, -0.05) is 35.9 Å². The van der Waals surface area contributed by atoms with Gasteiger partial charge in [0.15, 0.2) is 5.82 Å². The number of hydrogen-bond donors (Lipinski definition) is 1. The highest BCUT2D eigenvalue weighted by Gasteiger charge is 2.10. The molecule has 1 aromatic heterocycles. The van der Waals surface area contributed by atoms with Crippen LogP contribution in [0, 0.1) is 12.7 Å². The third kappa shape index (κ3) is 5.53. The Bertz CT molecular complexity index is 1260. The molecule has 0 aliphatic rings. The van der Waals surface area contributed by atoms with Crippen LogP contribution in [0.25, 0.3) is 0 Å². The van der Waals surface area contributed by atoms with Gasteiger partial charge in [0.05, 0.1) is 6.54 Å². The SMILES string of the molecule is Cc1cc(Cl)ccc1OCc1cccc(C(=O)Nc2ccn(Cc3cccc(F)c3)n2)c1. The number of carbonyl (C=O) groups excluding carboxylic acids is 1. The Hall–Kier alpha value is -3.64. The summed E-state index contributed by atoms with van der Waals surface area (Å²) in [5.41, 5.74) is 3.09. The molecule has 0 radical (unpaired) electrons. The first-order valence-corrected chi connectivity index (χ1v) is 10.4.